The van der Waals surface area contributed by atoms with E-state index in [0.29, 0.717) is 9.40 Å². The Morgan fingerprint density at radius 3 is 2.00 bits per heavy atom. The van der Waals surface area contributed by atoms with Crippen molar-refractivity contribution in [2.75, 3.05) is 16.2 Å². The molecule has 2 aromatic carbocycles. The summed E-state index contributed by atoms with van der Waals surface area (Å²) in [7, 11) is -8.26. The SMILES string of the molecule is Cc1ccc(-c2cnc(N(S(C)(=O)=O)S(C)(=O)=O)c(Cc3ccccc3)n2)cc1. The molecule has 0 aliphatic rings. The lowest BCUT2D eigenvalue weighted by molar-refractivity contribution is 0.590. The third kappa shape index (κ3) is 4.99. The minimum Gasteiger partial charge on any atom is -0.247 e. The van der Waals surface area contributed by atoms with Gasteiger partial charge in [-0.2, -0.15) is 0 Å². The number of anilines is 1. The van der Waals surface area contributed by atoms with Gasteiger partial charge in [-0.3, -0.25) is 0 Å². The Morgan fingerprint density at radius 2 is 1.45 bits per heavy atom. The second kappa shape index (κ2) is 7.92. The standard InChI is InChI=1S/C20H21N3O4S2/c1-15-9-11-17(12-10-15)19-14-21-20(23(28(2,24)25)29(3,26)27)18(22-19)13-16-7-5-4-6-8-16/h4-12,14H,13H2,1-3H3. The van der Waals surface area contributed by atoms with Crippen LogP contribution in [0.5, 0.6) is 0 Å². The highest BCUT2D eigenvalue weighted by molar-refractivity contribution is 8.09. The third-order valence-electron chi connectivity index (χ3n) is 4.16. The topological polar surface area (TPSA) is 97.3 Å². The van der Waals surface area contributed by atoms with E-state index in [-0.39, 0.29) is 17.9 Å². The molecule has 0 aliphatic heterocycles. The van der Waals surface area contributed by atoms with Gasteiger partial charge in [-0.05, 0) is 12.5 Å². The third-order valence-corrected chi connectivity index (χ3v) is 7.34. The fraction of sp³-hybridized carbons (Fsp3) is 0.200. The summed E-state index contributed by atoms with van der Waals surface area (Å²) in [5, 5.41) is 0. The lowest BCUT2D eigenvalue weighted by Crippen LogP contribution is -2.37. The molecule has 0 aliphatic carbocycles. The van der Waals surface area contributed by atoms with Crippen LogP contribution in [-0.2, 0) is 26.5 Å². The minimum atomic E-state index is -4.13. The zero-order valence-electron chi connectivity index (χ0n) is 16.3. The van der Waals surface area contributed by atoms with E-state index < -0.39 is 20.0 Å². The number of hydrogen-bond acceptors (Lipinski definition) is 6. The van der Waals surface area contributed by atoms with Gasteiger partial charge >= 0.3 is 0 Å². The van der Waals surface area contributed by atoms with Crippen LogP contribution in [0.2, 0.25) is 0 Å². The van der Waals surface area contributed by atoms with E-state index in [1.54, 1.807) is 0 Å². The average molecular weight is 432 g/mol. The van der Waals surface area contributed by atoms with Crippen molar-refractivity contribution in [3.05, 3.63) is 77.6 Å². The number of aryl methyl sites for hydroxylation is 1. The van der Waals surface area contributed by atoms with Crippen LogP contribution < -0.4 is 3.71 Å². The first-order chi connectivity index (χ1) is 13.6. The maximum atomic E-state index is 12.3. The highest BCUT2D eigenvalue weighted by Gasteiger charge is 2.31. The summed E-state index contributed by atoms with van der Waals surface area (Å²) in [4.78, 5) is 8.79. The van der Waals surface area contributed by atoms with Crippen molar-refractivity contribution in [1.82, 2.24) is 9.97 Å². The van der Waals surface area contributed by atoms with Gasteiger partial charge in [-0.15, -0.1) is 3.71 Å². The first-order valence-corrected chi connectivity index (χ1v) is 12.4. The van der Waals surface area contributed by atoms with Crippen LogP contribution in [-0.4, -0.2) is 39.3 Å². The largest absolute Gasteiger partial charge is 0.247 e. The lowest BCUT2D eigenvalue weighted by atomic mass is 10.1. The van der Waals surface area contributed by atoms with Crippen molar-refractivity contribution in [3.63, 3.8) is 0 Å². The molecule has 0 atom stereocenters. The van der Waals surface area contributed by atoms with Crippen molar-refractivity contribution >= 4 is 25.9 Å². The smallest absolute Gasteiger partial charge is 0.246 e. The zero-order valence-corrected chi connectivity index (χ0v) is 17.9. The zero-order chi connectivity index (χ0) is 21.2. The Morgan fingerprint density at radius 1 is 0.862 bits per heavy atom. The van der Waals surface area contributed by atoms with Crippen LogP contribution >= 0.6 is 0 Å². The van der Waals surface area contributed by atoms with Gasteiger partial charge in [0.25, 0.3) is 0 Å². The van der Waals surface area contributed by atoms with E-state index in [9.17, 15) is 16.8 Å². The van der Waals surface area contributed by atoms with Gasteiger partial charge in [0.15, 0.2) is 5.82 Å². The van der Waals surface area contributed by atoms with Crippen molar-refractivity contribution in [1.29, 1.82) is 0 Å². The summed E-state index contributed by atoms with van der Waals surface area (Å²) in [6.45, 7) is 1.97. The Kier molecular flexibility index (Phi) is 5.72. The Bertz CT molecular complexity index is 1190. The van der Waals surface area contributed by atoms with E-state index in [2.05, 4.69) is 9.97 Å². The molecule has 1 aromatic heterocycles. The molecule has 0 saturated heterocycles. The molecular weight excluding hydrogens is 410 g/mol. The van der Waals surface area contributed by atoms with Gasteiger partial charge < -0.3 is 0 Å². The normalized spacial score (nSPS) is 12.0. The fourth-order valence-electron chi connectivity index (χ4n) is 2.90. The molecule has 29 heavy (non-hydrogen) atoms. The number of hydrogen-bond donors (Lipinski definition) is 0. The van der Waals surface area contributed by atoms with Gasteiger partial charge in [0.05, 0.1) is 30.1 Å². The number of aromatic nitrogens is 2. The van der Waals surface area contributed by atoms with Gasteiger partial charge in [-0.1, -0.05) is 60.2 Å². The Labute approximate surface area is 171 Å². The quantitative estimate of drug-likeness (QED) is 0.595. The summed E-state index contributed by atoms with van der Waals surface area (Å²) < 4.78 is 49.4. The van der Waals surface area contributed by atoms with Crippen LogP contribution in [0, 0.1) is 6.92 Å². The maximum absolute atomic E-state index is 12.3. The summed E-state index contributed by atoms with van der Waals surface area (Å²) in [5.74, 6) is -0.213. The molecule has 7 nitrogen and oxygen atoms in total. The number of benzene rings is 2. The highest BCUT2D eigenvalue weighted by Crippen LogP contribution is 2.27. The summed E-state index contributed by atoms with van der Waals surface area (Å²) in [5.41, 5.74) is 3.52. The molecule has 0 amide bonds. The van der Waals surface area contributed by atoms with Gasteiger partial charge in [0.2, 0.25) is 20.0 Å². The monoisotopic (exact) mass is 431 g/mol. The molecule has 3 aromatic rings. The first kappa shape index (κ1) is 20.9. The molecule has 152 valence electrons. The second-order valence-electron chi connectivity index (χ2n) is 6.78. The van der Waals surface area contributed by atoms with E-state index >= 15 is 0 Å². The average Bonchev–Trinajstić information content (AvgIpc) is 2.62. The number of rotatable bonds is 6. The van der Waals surface area contributed by atoms with Crippen molar-refractivity contribution in [3.8, 4) is 11.3 Å². The van der Waals surface area contributed by atoms with Crippen LogP contribution in [0.25, 0.3) is 11.3 Å². The molecule has 0 spiro atoms. The molecule has 0 fully saturated rings. The Hall–Kier alpha value is -2.78. The second-order valence-corrected chi connectivity index (χ2v) is 10.7. The molecule has 1 heterocycles. The molecule has 0 bridgehead atoms. The first-order valence-electron chi connectivity index (χ1n) is 8.73. The molecule has 9 heteroatoms. The van der Waals surface area contributed by atoms with Crippen LogP contribution in [0.1, 0.15) is 16.8 Å². The molecule has 0 saturated carbocycles. The molecule has 0 N–H and O–H groups in total. The molecule has 0 radical (unpaired) electrons. The summed E-state index contributed by atoms with van der Waals surface area (Å²) in [6, 6.07) is 16.9. The van der Waals surface area contributed by atoms with Gasteiger partial charge in [-0.25, -0.2) is 26.8 Å². The minimum absolute atomic E-state index is 0.213. The van der Waals surface area contributed by atoms with Crippen molar-refractivity contribution in [2.24, 2.45) is 0 Å². The summed E-state index contributed by atoms with van der Waals surface area (Å²) in [6.07, 6.45) is 3.27. The van der Waals surface area contributed by atoms with Crippen molar-refractivity contribution in [2.45, 2.75) is 13.3 Å². The van der Waals surface area contributed by atoms with E-state index in [0.717, 1.165) is 29.2 Å². The van der Waals surface area contributed by atoms with Gasteiger partial charge in [0.1, 0.15) is 0 Å². The maximum Gasteiger partial charge on any atom is 0.246 e. The van der Waals surface area contributed by atoms with Gasteiger partial charge in [0, 0.05) is 12.0 Å². The van der Waals surface area contributed by atoms with E-state index in [1.165, 1.54) is 6.20 Å². The highest BCUT2D eigenvalue weighted by atomic mass is 32.3. The summed E-state index contributed by atoms with van der Waals surface area (Å²) >= 11 is 0. The predicted molar refractivity (Wildman–Crippen MR) is 114 cm³/mol. The predicted octanol–water partition coefficient (Wildman–Crippen LogP) is 2.77. The fourth-order valence-corrected chi connectivity index (χ4v) is 5.81. The van der Waals surface area contributed by atoms with E-state index in [4.69, 9.17) is 0 Å². The van der Waals surface area contributed by atoms with Crippen LogP contribution in [0.3, 0.4) is 0 Å². The molecular formula is C20H21N3O4S2. The lowest BCUT2D eigenvalue weighted by Gasteiger charge is -2.21. The van der Waals surface area contributed by atoms with Crippen LogP contribution in [0.4, 0.5) is 5.82 Å². The number of nitrogens with zero attached hydrogens (tertiary/aromatic N) is 3. The van der Waals surface area contributed by atoms with E-state index in [1.807, 2.05) is 61.5 Å². The Balaban J connectivity index is 2.20. The molecule has 3 rings (SSSR count). The number of sulfonamides is 2. The van der Waals surface area contributed by atoms with Crippen molar-refractivity contribution < 1.29 is 16.8 Å². The molecule has 0 unspecified atom stereocenters. The van der Waals surface area contributed by atoms with Crippen LogP contribution in [0.15, 0.2) is 60.8 Å².